The van der Waals surface area contributed by atoms with Crippen LogP contribution in [-0.4, -0.2) is 64.4 Å². The van der Waals surface area contributed by atoms with Crippen LogP contribution in [0.5, 0.6) is 0 Å². The van der Waals surface area contributed by atoms with Gasteiger partial charge >= 0.3 is 0 Å². The number of amides is 1. The van der Waals surface area contributed by atoms with Crippen molar-refractivity contribution in [3.05, 3.63) is 65.7 Å². The first-order chi connectivity index (χ1) is 14.1. The zero-order valence-electron chi connectivity index (χ0n) is 17.1. The van der Waals surface area contributed by atoms with Gasteiger partial charge in [0.2, 0.25) is 10.0 Å². The number of carbonyl (C=O) groups is 1. The molecule has 9 heteroatoms. The Bertz CT molecular complexity index is 1090. The molecule has 0 bridgehead atoms. The van der Waals surface area contributed by atoms with Gasteiger partial charge in [0.25, 0.3) is 5.91 Å². The number of carbonyl (C=O) groups excluding carboxylic acids is 1. The molecule has 1 amide bonds. The molecule has 0 atom stereocenters. The summed E-state index contributed by atoms with van der Waals surface area (Å²) < 4.78 is 49.8. The van der Waals surface area contributed by atoms with E-state index >= 15 is 0 Å². The molecular weight excluding hydrogens is 424 g/mol. The van der Waals surface area contributed by atoms with E-state index in [0.29, 0.717) is 37.1 Å². The Morgan fingerprint density at radius 1 is 0.967 bits per heavy atom. The molecule has 0 unspecified atom stereocenters. The van der Waals surface area contributed by atoms with Crippen LogP contribution in [0.3, 0.4) is 0 Å². The van der Waals surface area contributed by atoms with Crippen LogP contribution in [0.1, 0.15) is 28.8 Å². The van der Waals surface area contributed by atoms with Crippen molar-refractivity contribution >= 4 is 25.8 Å². The molecule has 1 aliphatic rings. The van der Waals surface area contributed by atoms with E-state index in [1.54, 1.807) is 66.5 Å². The molecule has 1 fully saturated rings. The fourth-order valence-corrected chi connectivity index (χ4v) is 5.68. The van der Waals surface area contributed by atoms with Crippen LogP contribution in [0.15, 0.2) is 59.5 Å². The van der Waals surface area contributed by atoms with Crippen molar-refractivity contribution in [1.82, 2.24) is 9.21 Å². The van der Waals surface area contributed by atoms with Crippen LogP contribution in [0.25, 0.3) is 0 Å². The molecule has 0 aromatic heterocycles. The number of sulfone groups is 1. The zero-order valence-corrected chi connectivity index (χ0v) is 18.7. The van der Waals surface area contributed by atoms with E-state index in [2.05, 4.69) is 0 Å². The lowest BCUT2D eigenvalue weighted by molar-refractivity contribution is 0.0686. The topological polar surface area (TPSA) is 91.8 Å². The maximum Gasteiger partial charge on any atom is 0.253 e. The Morgan fingerprint density at radius 3 is 2.07 bits per heavy atom. The molecule has 1 aliphatic heterocycles. The van der Waals surface area contributed by atoms with Crippen LogP contribution in [0.4, 0.5) is 0 Å². The molecule has 30 heavy (non-hydrogen) atoms. The highest BCUT2D eigenvalue weighted by Crippen LogP contribution is 2.21. The molecule has 0 saturated carbocycles. The molecule has 162 valence electrons. The van der Waals surface area contributed by atoms with Gasteiger partial charge in [-0.25, -0.2) is 21.1 Å². The largest absolute Gasteiger partial charge is 0.339 e. The SMILES string of the molecule is CN(C1CCN(C(=O)c2ccc(CS(=O)(=O)c3ccccc3)cc2)CC1)S(C)(=O)=O. The average molecular weight is 451 g/mol. The minimum absolute atomic E-state index is 0.102. The average Bonchev–Trinajstić information content (AvgIpc) is 2.73. The summed E-state index contributed by atoms with van der Waals surface area (Å²) >= 11 is 0. The fraction of sp³-hybridized carbons (Fsp3) is 0.381. The van der Waals surface area contributed by atoms with Gasteiger partial charge in [0, 0.05) is 31.7 Å². The number of benzene rings is 2. The lowest BCUT2D eigenvalue weighted by Crippen LogP contribution is -2.47. The molecule has 0 N–H and O–H groups in total. The molecule has 2 aromatic rings. The molecule has 0 radical (unpaired) electrons. The Labute approximate surface area is 178 Å². The first-order valence-electron chi connectivity index (χ1n) is 9.67. The van der Waals surface area contributed by atoms with Gasteiger partial charge < -0.3 is 4.90 Å². The minimum atomic E-state index is -3.44. The smallest absolute Gasteiger partial charge is 0.253 e. The molecule has 2 aromatic carbocycles. The highest BCUT2D eigenvalue weighted by Gasteiger charge is 2.29. The number of piperidine rings is 1. The highest BCUT2D eigenvalue weighted by atomic mass is 32.2. The Kier molecular flexibility index (Phi) is 6.64. The quantitative estimate of drug-likeness (QED) is 0.673. The van der Waals surface area contributed by atoms with Crippen molar-refractivity contribution in [2.75, 3.05) is 26.4 Å². The van der Waals surface area contributed by atoms with Gasteiger partial charge in [0.15, 0.2) is 9.84 Å². The maximum atomic E-state index is 12.8. The Balaban J connectivity index is 1.62. The summed E-state index contributed by atoms with van der Waals surface area (Å²) in [6, 6.07) is 14.8. The molecule has 0 spiro atoms. The van der Waals surface area contributed by atoms with Gasteiger partial charge in [-0.1, -0.05) is 30.3 Å². The summed E-state index contributed by atoms with van der Waals surface area (Å²) in [4.78, 5) is 14.7. The highest BCUT2D eigenvalue weighted by molar-refractivity contribution is 7.90. The summed E-state index contributed by atoms with van der Waals surface area (Å²) in [5, 5.41) is 0. The number of hydrogen-bond acceptors (Lipinski definition) is 5. The first-order valence-corrected chi connectivity index (χ1v) is 13.2. The summed E-state index contributed by atoms with van der Waals surface area (Å²) in [7, 11) is -5.12. The fourth-order valence-electron chi connectivity index (χ4n) is 3.56. The first kappa shape index (κ1) is 22.5. The van der Waals surface area contributed by atoms with Crippen molar-refractivity contribution in [1.29, 1.82) is 0 Å². The number of rotatable bonds is 6. The van der Waals surface area contributed by atoms with Gasteiger partial charge in [0.05, 0.1) is 16.9 Å². The van der Waals surface area contributed by atoms with Crippen LogP contribution in [-0.2, 0) is 25.6 Å². The van der Waals surface area contributed by atoms with Crippen molar-refractivity contribution in [3.8, 4) is 0 Å². The molecule has 7 nitrogen and oxygen atoms in total. The molecule has 0 aliphatic carbocycles. The van der Waals surface area contributed by atoms with E-state index in [9.17, 15) is 21.6 Å². The lowest BCUT2D eigenvalue weighted by atomic mass is 10.0. The van der Waals surface area contributed by atoms with E-state index in [1.165, 1.54) is 10.6 Å². The van der Waals surface area contributed by atoms with E-state index in [0.717, 1.165) is 0 Å². The zero-order chi connectivity index (χ0) is 21.9. The van der Waals surface area contributed by atoms with Crippen molar-refractivity contribution in [2.45, 2.75) is 29.5 Å². The number of nitrogens with zero attached hydrogens (tertiary/aromatic N) is 2. The standard InChI is InChI=1S/C21H26N2O5S2/c1-22(29(2,25)26)19-12-14-23(15-13-19)21(24)18-10-8-17(9-11-18)16-30(27,28)20-6-4-3-5-7-20/h3-11,19H,12-16H2,1-2H3. The van der Waals surface area contributed by atoms with E-state index in [-0.39, 0.29) is 22.6 Å². The monoisotopic (exact) mass is 450 g/mol. The number of sulfonamides is 1. The lowest BCUT2D eigenvalue weighted by Gasteiger charge is -2.35. The normalized spacial score (nSPS) is 16.0. The predicted octanol–water partition coefficient (Wildman–Crippen LogP) is 2.16. The molecule has 1 heterocycles. The third-order valence-corrected chi connectivity index (χ3v) is 8.50. The molecule has 3 rings (SSSR count). The van der Waals surface area contributed by atoms with Crippen molar-refractivity contribution in [2.24, 2.45) is 0 Å². The number of hydrogen-bond donors (Lipinski definition) is 0. The van der Waals surface area contributed by atoms with Crippen molar-refractivity contribution in [3.63, 3.8) is 0 Å². The molecule has 1 saturated heterocycles. The summed E-state index contributed by atoms with van der Waals surface area (Å²) in [6.07, 6.45) is 2.36. The van der Waals surface area contributed by atoms with Gasteiger partial charge in [-0.2, -0.15) is 0 Å². The Morgan fingerprint density at radius 2 is 1.53 bits per heavy atom. The van der Waals surface area contributed by atoms with E-state index in [1.807, 2.05) is 0 Å². The van der Waals surface area contributed by atoms with Crippen LogP contribution >= 0.6 is 0 Å². The minimum Gasteiger partial charge on any atom is -0.339 e. The summed E-state index contributed by atoms with van der Waals surface area (Å²) in [5.41, 5.74) is 1.11. The second-order valence-electron chi connectivity index (χ2n) is 7.57. The van der Waals surface area contributed by atoms with Crippen LogP contribution in [0.2, 0.25) is 0 Å². The summed E-state index contributed by atoms with van der Waals surface area (Å²) in [6.45, 7) is 0.959. The van der Waals surface area contributed by atoms with Crippen LogP contribution in [0, 0.1) is 0 Å². The second-order valence-corrected chi connectivity index (χ2v) is 11.6. The van der Waals surface area contributed by atoms with Gasteiger partial charge in [-0.05, 0) is 42.7 Å². The second kappa shape index (κ2) is 8.87. The Hall–Kier alpha value is -2.23. The van der Waals surface area contributed by atoms with E-state index < -0.39 is 19.9 Å². The van der Waals surface area contributed by atoms with Crippen LogP contribution < -0.4 is 0 Å². The third kappa shape index (κ3) is 5.27. The van der Waals surface area contributed by atoms with Crippen molar-refractivity contribution < 1.29 is 21.6 Å². The maximum absolute atomic E-state index is 12.8. The van der Waals surface area contributed by atoms with E-state index in [4.69, 9.17) is 0 Å². The van der Waals surface area contributed by atoms with Gasteiger partial charge in [0.1, 0.15) is 0 Å². The van der Waals surface area contributed by atoms with Gasteiger partial charge in [-0.15, -0.1) is 0 Å². The summed E-state index contributed by atoms with van der Waals surface area (Å²) in [5.74, 6) is -0.262. The third-order valence-electron chi connectivity index (χ3n) is 5.45. The number of likely N-dealkylation sites (tertiary alicyclic amines) is 1. The van der Waals surface area contributed by atoms with Gasteiger partial charge in [-0.3, -0.25) is 4.79 Å². The molecular formula is C21H26N2O5S2. The predicted molar refractivity (Wildman–Crippen MR) is 115 cm³/mol.